The Morgan fingerprint density at radius 1 is 1.12 bits per heavy atom. The van der Waals surface area contributed by atoms with Crippen molar-refractivity contribution in [2.24, 2.45) is 0 Å². The van der Waals surface area contributed by atoms with E-state index < -0.39 is 6.04 Å². The zero-order chi connectivity index (χ0) is 22.2. The molecule has 3 heterocycles. The number of hydrogen-bond donors (Lipinski definition) is 1. The summed E-state index contributed by atoms with van der Waals surface area (Å²) in [5, 5.41) is 4.77. The highest BCUT2D eigenvalue weighted by Gasteiger charge is 2.35. The second kappa shape index (κ2) is 8.12. The highest BCUT2D eigenvalue weighted by molar-refractivity contribution is 7.10. The summed E-state index contributed by atoms with van der Waals surface area (Å²) in [7, 11) is 0. The smallest absolute Gasteiger partial charge is 0.255 e. The van der Waals surface area contributed by atoms with Crippen LogP contribution in [0.1, 0.15) is 50.5 Å². The van der Waals surface area contributed by atoms with Gasteiger partial charge < -0.3 is 19.7 Å². The lowest BCUT2D eigenvalue weighted by Crippen LogP contribution is -2.31. The molecule has 0 bridgehead atoms. The Balaban J connectivity index is 1.41. The number of rotatable bonds is 6. The maximum atomic E-state index is 13.1. The van der Waals surface area contributed by atoms with Crippen molar-refractivity contribution in [1.82, 2.24) is 4.90 Å². The Morgan fingerprint density at radius 3 is 2.62 bits per heavy atom. The maximum absolute atomic E-state index is 13.1. The zero-order valence-corrected chi connectivity index (χ0v) is 18.1. The molecule has 2 aliphatic heterocycles. The predicted molar refractivity (Wildman–Crippen MR) is 119 cm³/mol. The third-order valence-electron chi connectivity index (χ3n) is 5.64. The third-order valence-corrected chi connectivity index (χ3v) is 6.62. The maximum Gasteiger partial charge on any atom is 0.255 e. The van der Waals surface area contributed by atoms with Gasteiger partial charge in [-0.25, -0.2) is 0 Å². The number of carbonyl (C=O) groups excluding carboxylic acids is 3. The van der Waals surface area contributed by atoms with Crippen molar-refractivity contribution in [2.75, 3.05) is 12.1 Å². The molecule has 0 saturated carbocycles. The van der Waals surface area contributed by atoms with E-state index in [1.807, 2.05) is 41.8 Å². The molecule has 1 atom stereocenters. The molecule has 5 rings (SSSR count). The minimum absolute atomic E-state index is 0.0615. The molecular formula is C24H20N2O5S. The van der Waals surface area contributed by atoms with Gasteiger partial charge in [0.25, 0.3) is 5.91 Å². The molecule has 0 saturated heterocycles. The molecule has 0 radical (unpaired) electrons. The second-order valence-electron chi connectivity index (χ2n) is 7.68. The summed E-state index contributed by atoms with van der Waals surface area (Å²) >= 11 is 1.51. The molecule has 32 heavy (non-hydrogen) atoms. The highest BCUT2D eigenvalue weighted by atomic mass is 32.1. The number of ether oxygens (including phenoxy) is 2. The predicted octanol–water partition coefficient (Wildman–Crippen LogP) is 4.41. The number of Topliss-reactive ketones (excluding diaryl/α,β-unsaturated/α-hetero) is 1. The zero-order valence-electron chi connectivity index (χ0n) is 17.3. The molecular weight excluding hydrogens is 428 g/mol. The van der Waals surface area contributed by atoms with Gasteiger partial charge in [0.2, 0.25) is 12.7 Å². The molecule has 3 aromatic rings. The van der Waals surface area contributed by atoms with E-state index in [0.717, 1.165) is 10.4 Å². The van der Waals surface area contributed by atoms with Crippen LogP contribution >= 0.6 is 11.3 Å². The van der Waals surface area contributed by atoms with Crippen LogP contribution in [0.3, 0.4) is 0 Å². The van der Waals surface area contributed by atoms with Gasteiger partial charge >= 0.3 is 0 Å². The van der Waals surface area contributed by atoms with Crippen LogP contribution in [0.15, 0.2) is 53.9 Å². The standard InChI is InChI=1S/C24H20N2O5S/c1-14(27)17-9-20-21(31-13-30-20)10-18(17)25-23(28)11-19(22-7-4-8-32-22)26-12-15-5-2-3-6-16(15)24(26)29/h2-10,19H,11-13H2,1H3,(H,25,28)/t19-/m1/s1. The summed E-state index contributed by atoms with van der Waals surface area (Å²) < 4.78 is 10.7. The number of nitrogens with one attached hydrogen (secondary N) is 1. The minimum Gasteiger partial charge on any atom is -0.454 e. The van der Waals surface area contributed by atoms with E-state index in [2.05, 4.69) is 5.32 Å². The molecule has 7 nitrogen and oxygen atoms in total. The van der Waals surface area contributed by atoms with Crippen LogP contribution in [0, 0.1) is 0 Å². The second-order valence-corrected chi connectivity index (χ2v) is 8.66. The van der Waals surface area contributed by atoms with Crippen molar-refractivity contribution in [3.63, 3.8) is 0 Å². The first-order valence-electron chi connectivity index (χ1n) is 10.2. The minimum atomic E-state index is -0.412. The summed E-state index contributed by atoms with van der Waals surface area (Å²) in [6.07, 6.45) is 0.0615. The fraction of sp³-hybridized carbons (Fsp3) is 0.208. The van der Waals surface area contributed by atoms with Crippen LogP contribution in [0.5, 0.6) is 11.5 Å². The van der Waals surface area contributed by atoms with Crippen LogP contribution in [-0.2, 0) is 11.3 Å². The van der Waals surface area contributed by atoms with Crippen LogP contribution in [0.25, 0.3) is 0 Å². The SMILES string of the molecule is CC(=O)c1cc2c(cc1NC(=O)C[C@H](c1cccs1)N1Cc3ccccc3C1=O)OCO2. The Labute approximate surface area is 188 Å². The Hall–Kier alpha value is -3.65. The summed E-state index contributed by atoms with van der Waals surface area (Å²) in [4.78, 5) is 41.0. The topological polar surface area (TPSA) is 84.9 Å². The number of anilines is 1. The van der Waals surface area contributed by atoms with Crippen molar-refractivity contribution in [3.05, 3.63) is 75.5 Å². The van der Waals surface area contributed by atoms with E-state index in [0.29, 0.717) is 34.9 Å². The molecule has 0 fully saturated rings. The first-order chi connectivity index (χ1) is 15.5. The number of thiophene rings is 1. The van der Waals surface area contributed by atoms with Gasteiger partial charge in [0.15, 0.2) is 17.3 Å². The van der Waals surface area contributed by atoms with E-state index in [9.17, 15) is 14.4 Å². The first kappa shape index (κ1) is 20.3. The molecule has 2 aliphatic rings. The fourth-order valence-corrected chi connectivity index (χ4v) is 4.93. The largest absolute Gasteiger partial charge is 0.454 e. The lowest BCUT2D eigenvalue weighted by molar-refractivity contribution is -0.117. The fourth-order valence-electron chi connectivity index (χ4n) is 4.09. The van der Waals surface area contributed by atoms with Crippen molar-refractivity contribution >= 4 is 34.6 Å². The van der Waals surface area contributed by atoms with Crippen LogP contribution < -0.4 is 14.8 Å². The quantitative estimate of drug-likeness (QED) is 0.565. The van der Waals surface area contributed by atoms with Crippen LogP contribution in [0.4, 0.5) is 5.69 Å². The van der Waals surface area contributed by atoms with Gasteiger partial charge in [-0.2, -0.15) is 0 Å². The lowest BCUT2D eigenvalue weighted by Gasteiger charge is -2.27. The van der Waals surface area contributed by atoms with E-state index in [1.54, 1.807) is 17.0 Å². The van der Waals surface area contributed by atoms with E-state index in [1.165, 1.54) is 18.3 Å². The van der Waals surface area contributed by atoms with Crippen LogP contribution in [-0.4, -0.2) is 29.3 Å². The summed E-state index contributed by atoms with van der Waals surface area (Å²) in [5.41, 5.74) is 2.34. The molecule has 2 amide bonds. The number of hydrogen-bond acceptors (Lipinski definition) is 6. The van der Waals surface area contributed by atoms with Gasteiger partial charge in [0.05, 0.1) is 18.2 Å². The molecule has 2 aromatic carbocycles. The summed E-state index contributed by atoms with van der Waals surface area (Å²) in [5.74, 6) is 0.377. The molecule has 8 heteroatoms. The number of ketones is 1. The van der Waals surface area contributed by atoms with Crippen molar-refractivity contribution in [3.8, 4) is 11.5 Å². The molecule has 0 unspecified atom stereocenters. The number of amides is 2. The average molecular weight is 449 g/mol. The van der Waals surface area contributed by atoms with Crippen molar-refractivity contribution in [2.45, 2.75) is 25.9 Å². The van der Waals surface area contributed by atoms with Crippen molar-refractivity contribution in [1.29, 1.82) is 0 Å². The summed E-state index contributed by atoms with van der Waals surface area (Å²) in [6, 6.07) is 14.1. The van der Waals surface area contributed by atoms with E-state index in [4.69, 9.17) is 9.47 Å². The summed E-state index contributed by atoms with van der Waals surface area (Å²) in [6.45, 7) is 1.96. The van der Waals surface area contributed by atoms with Gasteiger partial charge in [0.1, 0.15) is 0 Å². The Kier molecular flexibility index (Phi) is 5.14. The third kappa shape index (κ3) is 3.62. The van der Waals surface area contributed by atoms with Gasteiger partial charge in [-0.1, -0.05) is 24.3 Å². The number of carbonyl (C=O) groups is 3. The average Bonchev–Trinajstić information content (AvgIpc) is 3.52. The number of benzene rings is 2. The molecule has 162 valence electrons. The van der Waals surface area contributed by atoms with E-state index in [-0.39, 0.29) is 30.8 Å². The lowest BCUT2D eigenvalue weighted by atomic mass is 10.1. The van der Waals surface area contributed by atoms with Gasteiger partial charge in [0, 0.05) is 28.6 Å². The van der Waals surface area contributed by atoms with Crippen molar-refractivity contribution < 1.29 is 23.9 Å². The van der Waals surface area contributed by atoms with Gasteiger partial charge in [-0.05, 0) is 36.1 Å². The number of fused-ring (bicyclic) bond motifs is 2. The van der Waals surface area contributed by atoms with Gasteiger partial charge in [-0.15, -0.1) is 11.3 Å². The highest BCUT2D eigenvalue weighted by Crippen LogP contribution is 2.38. The molecule has 1 aromatic heterocycles. The Bertz CT molecular complexity index is 1220. The normalized spacial score (nSPS) is 14.9. The van der Waals surface area contributed by atoms with E-state index >= 15 is 0 Å². The molecule has 0 aliphatic carbocycles. The number of nitrogens with zero attached hydrogens (tertiary/aromatic N) is 1. The molecule has 1 N–H and O–H groups in total. The monoisotopic (exact) mass is 448 g/mol. The van der Waals surface area contributed by atoms with Gasteiger partial charge in [-0.3, -0.25) is 14.4 Å². The first-order valence-corrected chi connectivity index (χ1v) is 11.1. The van der Waals surface area contributed by atoms with Crippen LogP contribution in [0.2, 0.25) is 0 Å². The Morgan fingerprint density at radius 2 is 1.91 bits per heavy atom. The molecule has 0 spiro atoms.